The van der Waals surface area contributed by atoms with Gasteiger partial charge in [-0.15, -0.1) is 0 Å². The Labute approximate surface area is 103 Å². The lowest BCUT2D eigenvalue weighted by Crippen LogP contribution is -2.29. The van der Waals surface area contributed by atoms with Gasteiger partial charge in [0.25, 0.3) is 0 Å². The van der Waals surface area contributed by atoms with Gasteiger partial charge in [0.2, 0.25) is 0 Å². The van der Waals surface area contributed by atoms with Crippen molar-refractivity contribution in [3.05, 3.63) is 29.3 Å². The topological polar surface area (TPSA) is 33.0 Å². The van der Waals surface area contributed by atoms with Gasteiger partial charge in [-0.05, 0) is 56.4 Å². The van der Waals surface area contributed by atoms with Gasteiger partial charge in [0, 0.05) is 0 Å². The maximum Gasteiger partial charge on any atom is 0.120 e. The molecule has 2 unspecified atom stereocenters. The summed E-state index contributed by atoms with van der Waals surface area (Å²) >= 11 is 0. The largest absolute Gasteiger partial charge is 0.489 e. The number of nitriles is 1. The van der Waals surface area contributed by atoms with Crippen molar-refractivity contribution >= 4 is 0 Å². The standard InChI is InChI=1S/C15H19NO/c1-11-7-12(2)9-14(8-11)17-15-6-4-3-5-13(15)10-16/h7-9,13,15H,3-6H2,1-2H3. The normalized spacial score (nSPS) is 24.1. The van der Waals surface area contributed by atoms with Gasteiger partial charge in [-0.3, -0.25) is 0 Å². The molecule has 1 aliphatic carbocycles. The van der Waals surface area contributed by atoms with Crippen LogP contribution in [0.5, 0.6) is 5.75 Å². The smallest absolute Gasteiger partial charge is 0.120 e. The van der Waals surface area contributed by atoms with Crippen molar-refractivity contribution in [3.63, 3.8) is 0 Å². The molecule has 2 rings (SSSR count). The third kappa shape index (κ3) is 3.00. The van der Waals surface area contributed by atoms with Gasteiger partial charge in [-0.2, -0.15) is 5.26 Å². The molecule has 0 N–H and O–H groups in total. The third-order valence-electron chi connectivity index (χ3n) is 3.35. The lowest BCUT2D eigenvalue weighted by molar-refractivity contribution is 0.120. The molecule has 0 aliphatic heterocycles. The molecule has 1 aliphatic rings. The highest BCUT2D eigenvalue weighted by Crippen LogP contribution is 2.28. The maximum atomic E-state index is 9.12. The molecule has 17 heavy (non-hydrogen) atoms. The summed E-state index contributed by atoms with van der Waals surface area (Å²) in [4.78, 5) is 0. The van der Waals surface area contributed by atoms with Crippen molar-refractivity contribution in [3.8, 4) is 11.8 Å². The molecule has 0 spiro atoms. The molecule has 2 atom stereocenters. The van der Waals surface area contributed by atoms with Crippen molar-refractivity contribution in [1.82, 2.24) is 0 Å². The Balaban J connectivity index is 2.11. The van der Waals surface area contributed by atoms with E-state index in [2.05, 4.69) is 38.1 Å². The van der Waals surface area contributed by atoms with Crippen molar-refractivity contribution in [1.29, 1.82) is 5.26 Å². The van der Waals surface area contributed by atoms with E-state index in [0.29, 0.717) is 0 Å². The first-order valence-corrected chi connectivity index (χ1v) is 6.33. The Morgan fingerprint density at radius 2 is 1.76 bits per heavy atom. The van der Waals surface area contributed by atoms with E-state index < -0.39 is 0 Å². The summed E-state index contributed by atoms with van der Waals surface area (Å²) in [5.41, 5.74) is 2.42. The van der Waals surface area contributed by atoms with Crippen LogP contribution in [0.1, 0.15) is 36.8 Å². The van der Waals surface area contributed by atoms with Gasteiger partial charge < -0.3 is 4.74 Å². The average Bonchev–Trinajstić information content (AvgIpc) is 2.28. The number of hydrogen-bond donors (Lipinski definition) is 0. The Kier molecular flexibility index (Phi) is 3.68. The second-order valence-corrected chi connectivity index (χ2v) is 5.00. The van der Waals surface area contributed by atoms with Crippen LogP contribution in [0.25, 0.3) is 0 Å². The fourth-order valence-corrected chi connectivity index (χ4v) is 2.56. The number of hydrogen-bond acceptors (Lipinski definition) is 2. The lowest BCUT2D eigenvalue weighted by atomic mass is 9.87. The minimum atomic E-state index is 0.0598. The molecule has 0 amide bonds. The molecule has 0 aromatic heterocycles. The predicted octanol–water partition coefficient (Wildman–Crippen LogP) is 3.76. The second-order valence-electron chi connectivity index (χ2n) is 5.00. The molecule has 2 nitrogen and oxygen atoms in total. The van der Waals surface area contributed by atoms with Gasteiger partial charge in [0.05, 0.1) is 12.0 Å². The number of nitrogens with zero attached hydrogens (tertiary/aromatic N) is 1. The molecular formula is C15H19NO. The van der Waals surface area contributed by atoms with E-state index in [-0.39, 0.29) is 12.0 Å². The lowest BCUT2D eigenvalue weighted by Gasteiger charge is -2.27. The van der Waals surface area contributed by atoms with Crippen LogP contribution in [0.15, 0.2) is 18.2 Å². The van der Waals surface area contributed by atoms with Crippen LogP contribution < -0.4 is 4.74 Å². The first-order chi connectivity index (χ1) is 8.19. The number of rotatable bonds is 2. The maximum absolute atomic E-state index is 9.12. The van der Waals surface area contributed by atoms with E-state index >= 15 is 0 Å². The summed E-state index contributed by atoms with van der Waals surface area (Å²) in [6.07, 6.45) is 4.39. The van der Waals surface area contributed by atoms with Gasteiger partial charge in [-0.1, -0.05) is 12.5 Å². The van der Waals surface area contributed by atoms with Crippen molar-refractivity contribution in [2.75, 3.05) is 0 Å². The minimum absolute atomic E-state index is 0.0598. The molecule has 1 aromatic carbocycles. The van der Waals surface area contributed by atoms with E-state index in [9.17, 15) is 0 Å². The van der Waals surface area contributed by atoms with E-state index in [1.807, 2.05) is 0 Å². The molecule has 90 valence electrons. The van der Waals surface area contributed by atoms with Crippen molar-refractivity contribution in [2.45, 2.75) is 45.6 Å². The van der Waals surface area contributed by atoms with E-state index in [4.69, 9.17) is 10.00 Å². The molecular weight excluding hydrogens is 210 g/mol. The molecule has 0 bridgehead atoms. The zero-order valence-corrected chi connectivity index (χ0v) is 10.6. The first kappa shape index (κ1) is 12.0. The van der Waals surface area contributed by atoms with E-state index in [0.717, 1.165) is 25.0 Å². The Morgan fingerprint density at radius 1 is 1.12 bits per heavy atom. The van der Waals surface area contributed by atoms with Crippen LogP contribution in [-0.2, 0) is 0 Å². The average molecular weight is 229 g/mol. The number of benzene rings is 1. The highest BCUT2D eigenvalue weighted by molar-refractivity contribution is 5.33. The molecule has 2 heteroatoms. The van der Waals surface area contributed by atoms with Crippen LogP contribution in [0, 0.1) is 31.1 Å². The Hall–Kier alpha value is -1.49. The zero-order chi connectivity index (χ0) is 12.3. The SMILES string of the molecule is Cc1cc(C)cc(OC2CCCCC2C#N)c1. The fraction of sp³-hybridized carbons (Fsp3) is 0.533. The summed E-state index contributed by atoms with van der Waals surface area (Å²) in [5, 5.41) is 9.12. The first-order valence-electron chi connectivity index (χ1n) is 6.33. The summed E-state index contributed by atoms with van der Waals surface area (Å²) in [6, 6.07) is 8.62. The van der Waals surface area contributed by atoms with E-state index in [1.54, 1.807) is 0 Å². The highest BCUT2D eigenvalue weighted by Gasteiger charge is 2.26. The summed E-state index contributed by atoms with van der Waals surface area (Å²) in [5.74, 6) is 0.971. The Morgan fingerprint density at radius 3 is 2.41 bits per heavy atom. The van der Waals surface area contributed by atoms with Crippen LogP contribution in [0.4, 0.5) is 0 Å². The summed E-state index contributed by atoms with van der Waals surface area (Å²) in [7, 11) is 0. The zero-order valence-electron chi connectivity index (χ0n) is 10.6. The van der Waals surface area contributed by atoms with Gasteiger partial charge in [-0.25, -0.2) is 0 Å². The molecule has 0 saturated heterocycles. The quantitative estimate of drug-likeness (QED) is 0.773. The molecule has 0 heterocycles. The van der Waals surface area contributed by atoms with E-state index in [1.165, 1.54) is 17.5 Å². The number of ether oxygens (including phenoxy) is 1. The monoisotopic (exact) mass is 229 g/mol. The molecule has 0 radical (unpaired) electrons. The van der Waals surface area contributed by atoms with Crippen LogP contribution in [0.2, 0.25) is 0 Å². The van der Waals surface area contributed by atoms with Crippen LogP contribution in [0.3, 0.4) is 0 Å². The summed E-state index contributed by atoms with van der Waals surface area (Å²) in [6.45, 7) is 4.14. The molecule has 1 aromatic rings. The summed E-state index contributed by atoms with van der Waals surface area (Å²) < 4.78 is 6.00. The van der Waals surface area contributed by atoms with Crippen molar-refractivity contribution in [2.24, 2.45) is 5.92 Å². The fourth-order valence-electron chi connectivity index (χ4n) is 2.56. The molecule has 1 fully saturated rings. The van der Waals surface area contributed by atoms with Gasteiger partial charge in [0.15, 0.2) is 0 Å². The van der Waals surface area contributed by atoms with Crippen molar-refractivity contribution < 1.29 is 4.74 Å². The predicted molar refractivity (Wildman–Crippen MR) is 67.9 cm³/mol. The van der Waals surface area contributed by atoms with Crippen LogP contribution >= 0.6 is 0 Å². The van der Waals surface area contributed by atoms with Crippen LogP contribution in [-0.4, -0.2) is 6.10 Å². The third-order valence-corrected chi connectivity index (χ3v) is 3.35. The second kappa shape index (κ2) is 5.23. The Bertz CT molecular complexity index is 413. The minimum Gasteiger partial charge on any atom is -0.489 e. The number of aryl methyl sites for hydroxylation is 2. The van der Waals surface area contributed by atoms with Gasteiger partial charge >= 0.3 is 0 Å². The highest BCUT2D eigenvalue weighted by atomic mass is 16.5. The molecule has 1 saturated carbocycles. The van der Waals surface area contributed by atoms with Gasteiger partial charge in [0.1, 0.15) is 11.9 Å².